The zero-order valence-electron chi connectivity index (χ0n) is 38.1. The van der Waals surface area contributed by atoms with Gasteiger partial charge in [0.2, 0.25) is 11.8 Å². The third-order valence-corrected chi connectivity index (χ3v) is 17.4. The van der Waals surface area contributed by atoms with Crippen LogP contribution in [0.5, 0.6) is 0 Å². The molecular weight excluding hydrogens is 865 g/mol. The largest absolute Gasteiger partial charge is 0.461 e. The maximum Gasteiger partial charge on any atom is 0.359 e. The minimum Gasteiger partial charge on any atom is -0.461 e. The second kappa shape index (κ2) is 18.5. The minimum absolute atomic E-state index is 0.00237. The number of carbonyl (C=O) groups excluding carboxylic acids is 5. The first kappa shape index (κ1) is 44.9. The Bertz CT molecular complexity index is 2550. The van der Waals surface area contributed by atoms with E-state index >= 15 is 0 Å². The molecule has 2 aromatic heterocycles. The number of amides is 2. The van der Waals surface area contributed by atoms with Gasteiger partial charge in [-0.3, -0.25) is 23.7 Å². The van der Waals surface area contributed by atoms with Crippen LogP contribution in [0, 0.1) is 27.7 Å². The van der Waals surface area contributed by atoms with Gasteiger partial charge in [0.25, 0.3) is 0 Å². The highest BCUT2D eigenvalue weighted by atomic mass is 32.2. The molecular formula is C48H58N8O7S2. The van der Waals surface area contributed by atoms with Crippen LogP contribution >= 0.6 is 23.5 Å². The van der Waals surface area contributed by atoms with Crippen LogP contribution in [0.3, 0.4) is 0 Å². The number of benzene rings is 2. The molecule has 2 aliphatic carbocycles. The van der Waals surface area contributed by atoms with Crippen molar-refractivity contribution in [1.82, 2.24) is 29.4 Å². The Morgan fingerprint density at radius 1 is 0.662 bits per heavy atom. The second-order valence-electron chi connectivity index (χ2n) is 17.8. The topological polar surface area (TPSA) is 152 Å². The molecule has 3 fully saturated rings. The third kappa shape index (κ3) is 8.89. The van der Waals surface area contributed by atoms with Gasteiger partial charge in [-0.1, -0.05) is 18.2 Å². The number of carbonyl (C=O) groups is 5. The number of anilines is 2. The van der Waals surface area contributed by atoms with Gasteiger partial charge in [-0.15, -0.1) is 23.5 Å². The molecule has 344 valence electrons. The lowest BCUT2D eigenvalue weighted by Crippen LogP contribution is -2.50. The van der Waals surface area contributed by atoms with E-state index in [2.05, 4.69) is 72.9 Å². The molecule has 15 nitrogen and oxygen atoms in total. The van der Waals surface area contributed by atoms with Crippen LogP contribution in [0.15, 0.2) is 30.3 Å². The smallest absolute Gasteiger partial charge is 0.359 e. The fourth-order valence-electron chi connectivity index (χ4n) is 10.1. The van der Waals surface area contributed by atoms with E-state index in [0.29, 0.717) is 62.6 Å². The first-order valence-electron chi connectivity index (χ1n) is 22.8. The van der Waals surface area contributed by atoms with Gasteiger partial charge >= 0.3 is 11.9 Å². The first-order valence-corrected chi connectivity index (χ1v) is 24.8. The molecule has 4 aromatic rings. The highest BCUT2D eigenvalue weighted by Gasteiger charge is 2.46. The zero-order chi connectivity index (χ0) is 45.6. The Labute approximate surface area is 388 Å². The highest BCUT2D eigenvalue weighted by molar-refractivity contribution is 8.21. The highest BCUT2D eigenvalue weighted by Crippen LogP contribution is 2.53. The van der Waals surface area contributed by atoms with E-state index in [4.69, 9.17) is 14.6 Å². The van der Waals surface area contributed by atoms with Gasteiger partial charge in [-0.25, -0.2) is 9.59 Å². The summed E-state index contributed by atoms with van der Waals surface area (Å²) in [5.41, 5.74) is 11.8. The summed E-state index contributed by atoms with van der Waals surface area (Å²) in [5, 5.41) is 9.20. The number of Topliss-reactive ketones (excluding diaryl/α,β-unsaturated/α-hetero) is 1. The number of nitrogens with zero attached hydrogens (tertiary/aromatic N) is 8. The van der Waals surface area contributed by atoms with Crippen molar-refractivity contribution < 1.29 is 33.4 Å². The predicted octanol–water partition coefficient (Wildman–Crippen LogP) is 4.53. The molecule has 1 spiro atoms. The van der Waals surface area contributed by atoms with Crippen molar-refractivity contribution in [2.45, 2.75) is 83.9 Å². The lowest BCUT2D eigenvalue weighted by molar-refractivity contribution is -0.133. The van der Waals surface area contributed by atoms with Crippen LogP contribution in [-0.2, 0) is 69.1 Å². The summed E-state index contributed by atoms with van der Waals surface area (Å²) in [6.07, 6.45) is 2.35. The summed E-state index contributed by atoms with van der Waals surface area (Å²) in [5.74, 6) is 1.03. The molecule has 2 amide bonds. The van der Waals surface area contributed by atoms with Crippen molar-refractivity contribution in [3.05, 3.63) is 92.1 Å². The van der Waals surface area contributed by atoms with Crippen molar-refractivity contribution >= 4 is 64.4 Å². The van der Waals surface area contributed by atoms with Gasteiger partial charge in [0, 0.05) is 124 Å². The number of thioether (sulfide) groups is 2. The number of hydrogen-bond acceptors (Lipinski definition) is 13. The number of rotatable bonds is 12. The number of ether oxygens (including phenoxy) is 2. The molecule has 0 bridgehead atoms. The quantitative estimate of drug-likeness (QED) is 0.183. The van der Waals surface area contributed by atoms with E-state index in [-0.39, 0.29) is 66.5 Å². The van der Waals surface area contributed by atoms with Crippen molar-refractivity contribution in [2.75, 3.05) is 86.9 Å². The van der Waals surface area contributed by atoms with Gasteiger partial charge in [0.15, 0.2) is 11.4 Å². The standard InChI is InChI=1S/C48H58N8O7S2/c1-6-62-46(60)44-36-24-35(57)25-40(36)55(49-44)28-42(58)53-19-15-52(16-20-53)39-11-10-34(32(4)33(39)5)12-21-63-47(61)45-37-26-48(64-22-23-65-48)27-41(37)56(50-45)29-43(59)54-17-13-51(14-18-54)38-9-7-8-30(2)31(38)3/h7-11H,6,12-29H2,1-5H3. The minimum atomic E-state index is -0.571. The van der Waals surface area contributed by atoms with Gasteiger partial charge < -0.3 is 29.1 Å². The Hall–Kier alpha value is -5.29. The number of hydrogen-bond donors (Lipinski definition) is 0. The van der Waals surface area contributed by atoms with Gasteiger partial charge in [-0.05, 0) is 74.6 Å². The lowest BCUT2D eigenvalue weighted by Gasteiger charge is -2.37. The molecule has 0 radical (unpaired) electrons. The van der Waals surface area contributed by atoms with Crippen molar-refractivity contribution in [2.24, 2.45) is 0 Å². The van der Waals surface area contributed by atoms with Crippen LogP contribution in [0.4, 0.5) is 11.4 Å². The Balaban J connectivity index is 0.796. The van der Waals surface area contributed by atoms with Gasteiger partial charge in [-0.2, -0.15) is 10.2 Å². The maximum atomic E-state index is 13.8. The number of fused-ring (bicyclic) bond motifs is 2. The summed E-state index contributed by atoms with van der Waals surface area (Å²) in [4.78, 5) is 74.3. The van der Waals surface area contributed by atoms with Gasteiger partial charge in [0.05, 0.1) is 23.0 Å². The van der Waals surface area contributed by atoms with E-state index in [0.717, 1.165) is 71.1 Å². The molecule has 5 heterocycles. The predicted molar refractivity (Wildman–Crippen MR) is 251 cm³/mol. The lowest BCUT2D eigenvalue weighted by atomic mass is 9.98. The Kier molecular flexibility index (Phi) is 12.8. The molecule has 0 atom stereocenters. The molecule has 65 heavy (non-hydrogen) atoms. The Morgan fingerprint density at radius 3 is 1.88 bits per heavy atom. The van der Waals surface area contributed by atoms with Crippen LogP contribution in [0.2, 0.25) is 0 Å². The molecule has 3 saturated heterocycles. The fraction of sp³-hybridized carbons (Fsp3) is 0.521. The summed E-state index contributed by atoms with van der Waals surface area (Å²) in [7, 11) is 0. The van der Waals surface area contributed by atoms with Crippen molar-refractivity contribution in [3.63, 3.8) is 0 Å². The number of piperazine rings is 2. The monoisotopic (exact) mass is 922 g/mol. The molecule has 2 aromatic carbocycles. The number of aromatic nitrogens is 4. The fourth-order valence-corrected chi connectivity index (χ4v) is 13.3. The molecule has 0 unspecified atom stereocenters. The van der Waals surface area contributed by atoms with Crippen molar-refractivity contribution in [1.29, 1.82) is 0 Å². The summed E-state index contributed by atoms with van der Waals surface area (Å²) in [6.45, 7) is 15.9. The number of aryl methyl sites for hydroxylation is 1. The maximum absolute atomic E-state index is 13.8. The zero-order valence-corrected chi connectivity index (χ0v) is 39.7. The van der Waals surface area contributed by atoms with Crippen LogP contribution in [0.1, 0.15) is 78.2 Å². The molecule has 9 rings (SSSR count). The van der Waals surface area contributed by atoms with E-state index < -0.39 is 11.9 Å². The Morgan fingerprint density at radius 2 is 1.25 bits per heavy atom. The van der Waals surface area contributed by atoms with E-state index in [1.807, 2.05) is 33.3 Å². The van der Waals surface area contributed by atoms with E-state index in [1.165, 1.54) is 21.5 Å². The average Bonchev–Trinajstić information content (AvgIpc) is 4.13. The van der Waals surface area contributed by atoms with E-state index in [1.54, 1.807) is 11.6 Å². The summed E-state index contributed by atoms with van der Waals surface area (Å²) < 4.78 is 14.4. The normalized spacial score (nSPS) is 17.8. The summed E-state index contributed by atoms with van der Waals surface area (Å²) in [6, 6.07) is 10.6. The first-order chi connectivity index (χ1) is 31.3. The molecule has 5 aliphatic rings. The van der Waals surface area contributed by atoms with Crippen LogP contribution in [-0.4, -0.2) is 140 Å². The number of esters is 2. The summed E-state index contributed by atoms with van der Waals surface area (Å²) >= 11 is 3.90. The molecule has 17 heteroatoms. The average molecular weight is 923 g/mol. The van der Waals surface area contributed by atoms with Crippen LogP contribution < -0.4 is 9.80 Å². The van der Waals surface area contributed by atoms with Crippen molar-refractivity contribution in [3.8, 4) is 0 Å². The van der Waals surface area contributed by atoms with Gasteiger partial charge in [0.1, 0.15) is 18.9 Å². The third-order valence-electron chi connectivity index (χ3n) is 14.0. The second-order valence-corrected chi connectivity index (χ2v) is 21.0. The molecule has 3 aliphatic heterocycles. The molecule has 0 N–H and O–H groups in total. The SMILES string of the molecule is CCOC(=O)c1nn(CC(=O)N2CCN(c3ccc(CCOC(=O)c4nn(CC(=O)N5CCN(c6cccc(C)c6C)CC5)c5c4CC4(C5)SCCS4)c(C)c3C)CC2)c2c1CC(=O)C2. The number of ketones is 1. The molecule has 0 saturated carbocycles. The van der Waals surface area contributed by atoms with E-state index in [9.17, 15) is 24.0 Å². The van der Waals surface area contributed by atoms with Crippen LogP contribution in [0.25, 0.3) is 0 Å².